The first-order chi connectivity index (χ1) is 7.35. The van der Waals surface area contributed by atoms with Gasteiger partial charge in [-0.1, -0.05) is 13.3 Å². The molecule has 0 radical (unpaired) electrons. The molecule has 1 aromatic rings. The molecule has 1 saturated heterocycles. The molecule has 1 aliphatic rings. The van der Waals surface area contributed by atoms with Crippen molar-refractivity contribution in [3.8, 4) is 0 Å². The summed E-state index contributed by atoms with van der Waals surface area (Å²) >= 11 is 1.74. The van der Waals surface area contributed by atoms with Gasteiger partial charge in [0.25, 0.3) is 0 Å². The monoisotopic (exact) mass is 226 g/mol. The summed E-state index contributed by atoms with van der Waals surface area (Å²) in [6, 6.07) is 0. The van der Waals surface area contributed by atoms with E-state index in [4.69, 9.17) is 10.5 Å². The van der Waals surface area contributed by atoms with Gasteiger partial charge in [0, 0.05) is 18.0 Å². The van der Waals surface area contributed by atoms with Crippen LogP contribution in [0.25, 0.3) is 0 Å². The van der Waals surface area contributed by atoms with Crippen molar-refractivity contribution in [2.45, 2.75) is 45.3 Å². The first-order valence-electron chi connectivity index (χ1n) is 5.65. The van der Waals surface area contributed by atoms with Crippen molar-refractivity contribution in [1.29, 1.82) is 0 Å². The molecule has 1 fully saturated rings. The minimum atomic E-state index is 0.242. The molecule has 0 bridgehead atoms. The molecule has 1 atom stereocenters. The van der Waals surface area contributed by atoms with Crippen LogP contribution in [0, 0.1) is 0 Å². The number of hydrogen-bond acceptors (Lipinski definition) is 4. The Morgan fingerprint density at radius 1 is 1.60 bits per heavy atom. The van der Waals surface area contributed by atoms with Crippen LogP contribution in [0.3, 0.4) is 0 Å². The van der Waals surface area contributed by atoms with E-state index in [-0.39, 0.29) is 6.10 Å². The number of aromatic nitrogens is 1. The highest BCUT2D eigenvalue weighted by molar-refractivity contribution is 7.11. The van der Waals surface area contributed by atoms with Crippen molar-refractivity contribution in [1.82, 2.24) is 4.98 Å². The van der Waals surface area contributed by atoms with Crippen LogP contribution in [-0.4, -0.2) is 11.6 Å². The molecule has 2 rings (SSSR count). The maximum absolute atomic E-state index is 5.72. The quantitative estimate of drug-likeness (QED) is 0.857. The Morgan fingerprint density at radius 2 is 2.47 bits per heavy atom. The van der Waals surface area contributed by atoms with Gasteiger partial charge in [0.15, 0.2) is 0 Å². The molecule has 15 heavy (non-hydrogen) atoms. The lowest BCUT2D eigenvalue weighted by atomic mass is 10.2. The van der Waals surface area contributed by atoms with Crippen LogP contribution in [0.15, 0.2) is 0 Å². The molecular weight excluding hydrogens is 208 g/mol. The van der Waals surface area contributed by atoms with Crippen LogP contribution >= 0.6 is 11.3 Å². The third-order valence-electron chi connectivity index (χ3n) is 2.67. The van der Waals surface area contributed by atoms with Crippen LogP contribution in [0.4, 0.5) is 0 Å². The first kappa shape index (κ1) is 11.0. The summed E-state index contributed by atoms with van der Waals surface area (Å²) in [7, 11) is 0. The summed E-state index contributed by atoms with van der Waals surface area (Å²) in [5, 5.41) is 1.14. The number of rotatable bonds is 4. The lowest BCUT2D eigenvalue weighted by Crippen LogP contribution is -1.98. The molecule has 1 aromatic heterocycles. The van der Waals surface area contributed by atoms with Gasteiger partial charge in [0.1, 0.15) is 11.1 Å². The molecule has 84 valence electrons. The Bertz CT molecular complexity index is 318. The van der Waals surface area contributed by atoms with E-state index in [1.54, 1.807) is 11.3 Å². The standard InChI is InChI=1S/C11H18N2OS/c1-2-4-8-10(7-12)15-11(13-8)9-5-3-6-14-9/h9H,2-7,12H2,1H3. The lowest BCUT2D eigenvalue weighted by Gasteiger charge is -2.03. The third kappa shape index (κ3) is 2.38. The van der Waals surface area contributed by atoms with Crippen LogP contribution in [0.2, 0.25) is 0 Å². The second kappa shape index (κ2) is 5.05. The first-order valence-corrected chi connectivity index (χ1v) is 6.47. The second-order valence-corrected chi connectivity index (χ2v) is 4.99. The van der Waals surface area contributed by atoms with Crippen molar-refractivity contribution in [2.75, 3.05) is 6.61 Å². The van der Waals surface area contributed by atoms with E-state index in [2.05, 4.69) is 11.9 Å². The summed E-state index contributed by atoms with van der Waals surface area (Å²) in [4.78, 5) is 5.90. The summed E-state index contributed by atoms with van der Waals surface area (Å²) < 4.78 is 5.64. The van der Waals surface area contributed by atoms with Crippen molar-refractivity contribution in [3.05, 3.63) is 15.6 Å². The predicted molar refractivity (Wildman–Crippen MR) is 61.9 cm³/mol. The summed E-state index contributed by atoms with van der Waals surface area (Å²) in [6.07, 6.45) is 4.68. The topological polar surface area (TPSA) is 48.1 Å². The Hall–Kier alpha value is -0.450. The molecular formula is C11H18N2OS. The molecule has 1 unspecified atom stereocenters. The molecule has 1 aliphatic heterocycles. The summed E-state index contributed by atoms with van der Waals surface area (Å²) in [5.74, 6) is 0. The fraction of sp³-hybridized carbons (Fsp3) is 0.727. The average molecular weight is 226 g/mol. The van der Waals surface area contributed by atoms with Crippen molar-refractivity contribution < 1.29 is 4.74 Å². The third-order valence-corrected chi connectivity index (χ3v) is 3.88. The second-order valence-electron chi connectivity index (χ2n) is 3.88. The van der Waals surface area contributed by atoms with Crippen molar-refractivity contribution in [3.63, 3.8) is 0 Å². The average Bonchev–Trinajstić information content (AvgIpc) is 2.84. The van der Waals surface area contributed by atoms with E-state index < -0.39 is 0 Å². The van der Waals surface area contributed by atoms with E-state index >= 15 is 0 Å². The molecule has 4 heteroatoms. The molecule has 0 spiro atoms. The largest absolute Gasteiger partial charge is 0.371 e. The summed E-state index contributed by atoms with van der Waals surface area (Å²) in [6.45, 7) is 3.66. The number of ether oxygens (including phenoxy) is 1. The van der Waals surface area contributed by atoms with E-state index in [1.807, 2.05) is 0 Å². The van der Waals surface area contributed by atoms with Crippen LogP contribution < -0.4 is 5.73 Å². The van der Waals surface area contributed by atoms with Gasteiger partial charge in [-0.3, -0.25) is 0 Å². The van der Waals surface area contributed by atoms with Gasteiger partial charge >= 0.3 is 0 Å². The Balaban J connectivity index is 2.17. The van der Waals surface area contributed by atoms with Gasteiger partial charge in [-0.2, -0.15) is 0 Å². The van der Waals surface area contributed by atoms with Gasteiger partial charge in [0.2, 0.25) is 0 Å². The number of hydrogen-bond donors (Lipinski definition) is 1. The van der Waals surface area contributed by atoms with E-state index in [0.717, 1.165) is 37.3 Å². The van der Waals surface area contributed by atoms with Gasteiger partial charge in [-0.05, 0) is 19.3 Å². The van der Waals surface area contributed by atoms with Crippen LogP contribution in [0.1, 0.15) is 47.9 Å². The number of nitrogens with zero attached hydrogens (tertiary/aromatic N) is 1. The zero-order valence-corrected chi connectivity index (χ0v) is 9.98. The SMILES string of the molecule is CCCc1nc(C2CCCO2)sc1CN. The van der Waals surface area contributed by atoms with Gasteiger partial charge < -0.3 is 10.5 Å². The highest BCUT2D eigenvalue weighted by Crippen LogP contribution is 2.33. The number of thiazole rings is 1. The molecule has 0 aromatic carbocycles. The fourth-order valence-corrected chi connectivity index (χ4v) is 2.98. The van der Waals surface area contributed by atoms with Crippen LogP contribution in [0.5, 0.6) is 0 Å². The minimum Gasteiger partial charge on any atom is -0.371 e. The molecule has 0 amide bonds. The van der Waals surface area contributed by atoms with Crippen molar-refractivity contribution in [2.24, 2.45) is 5.73 Å². The fourth-order valence-electron chi connectivity index (χ4n) is 1.91. The number of nitrogens with two attached hydrogens (primary N) is 1. The Kier molecular flexibility index (Phi) is 3.72. The molecule has 0 saturated carbocycles. The summed E-state index contributed by atoms with van der Waals surface area (Å²) in [5.41, 5.74) is 6.91. The number of aryl methyl sites for hydroxylation is 1. The van der Waals surface area contributed by atoms with Gasteiger partial charge in [-0.25, -0.2) is 4.98 Å². The van der Waals surface area contributed by atoms with Gasteiger partial charge in [0.05, 0.1) is 5.69 Å². The Morgan fingerprint density at radius 3 is 3.07 bits per heavy atom. The maximum Gasteiger partial charge on any atom is 0.122 e. The zero-order chi connectivity index (χ0) is 10.7. The van der Waals surface area contributed by atoms with E-state index in [0.29, 0.717) is 6.54 Å². The highest BCUT2D eigenvalue weighted by atomic mass is 32.1. The maximum atomic E-state index is 5.72. The van der Waals surface area contributed by atoms with Gasteiger partial charge in [-0.15, -0.1) is 11.3 Å². The lowest BCUT2D eigenvalue weighted by molar-refractivity contribution is 0.111. The normalized spacial score (nSPS) is 21.1. The molecule has 2 N–H and O–H groups in total. The van der Waals surface area contributed by atoms with Crippen molar-refractivity contribution >= 4 is 11.3 Å². The Labute approximate surface area is 94.7 Å². The van der Waals surface area contributed by atoms with E-state index in [1.165, 1.54) is 10.6 Å². The van der Waals surface area contributed by atoms with Crippen LogP contribution in [-0.2, 0) is 17.7 Å². The predicted octanol–water partition coefficient (Wildman–Crippen LogP) is 2.41. The molecule has 3 nitrogen and oxygen atoms in total. The minimum absolute atomic E-state index is 0.242. The highest BCUT2D eigenvalue weighted by Gasteiger charge is 2.22. The molecule has 0 aliphatic carbocycles. The molecule has 2 heterocycles. The zero-order valence-electron chi connectivity index (χ0n) is 9.16. The smallest absolute Gasteiger partial charge is 0.122 e. The van der Waals surface area contributed by atoms with E-state index in [9.17, 15) is 0 Å².